The zero-order valence-corrected chi connectivity index (χ0v) is 24.0. The Kier molecular flexibility index (Phi) is 7.28. The van der Waals surface area contributed by atoms with E-state index in [9.17, 15) is 19.1 Å². The van der Waals surface area contributed by atoms with E-state index in [-0.39, 0.29) is 28.2 Å². The highest BCUT2D eigenvalue weighted by Gasteiger charge is 2.35. The molecule has 222 valence electrons. The molecule has 3 aromatic carbocycles. The van der Waals surface area contributed by atoms with E-state index in [1.165, 1.54) is 12.1 Å². The molecule has 11 heteroatoms. The molecular weight excluding hydrogens is 575 g/mol. The van der Waals surface area contributed by atoms with Gasteiger partial charge in [0.25, 0.3) is 5.91 Å². The van der Waals surface area contributed by atoms with Gasteiger partial charge in [0.15, 0.2) is 0 Å². The van der Waals surface area contributed by atoms with Gasteiger partial charge in [0.1, 0.15) is 17.4 Å². The van der Waals surface area contributed by atoms with E-state index in [1.54, 1.807) is 30.3 Å². The Hall–Kier alpha value is -3.99. The predicted octanol–water partition coefficient (Wildman–Crippen LogP) is 5.77. The normalized spacial score (nSPS) is 20.7. The van der Waals surface area contributed by atoms with Crippen LogP contribution in [0.25, 0.3) is 11.0 Å². The summed E-state index contributed by atoms with van der Waals surface area (Å²) in [6, 6.07) is 15.0. The Morgan fingerprint density at radius 3 is 2.63 bits per heavy atom. The minimum absolute atomic E-state index is 0.102. The highest BCUT2D eigenvalue weighted by molar-refractivity contribution is 6.30. The van der Waals surface area contributed by atoms with Gasteiger partial charge in [0.05, 0.1) is 41.5 Å². The second-order valence-electron chi connectivity index (χ2n) is 11.4. The van der Waals surface area contributed by atoms with Crippen molar-refractivity contribution in [2.24, 2.45) is 0 Å². The lowest BCUT2D eigenvalue weighted by Gasteiger charge is -2.35. The molecular formula is C32H30ClFN4O5. The van der Waals surface area contributed by atoms with E-state index in [0.717, 1.165) is 61.4 Å². The van der Waals surface area contributed by atoms with Crippen molar-refractivity contribution in [2.45, 2.75) is 50.5 Å². The number of fused-ring (bicyclic) bond motifs is 2. The van der Waals surface area contributed by atoms with Gasteiger partial charge < -0.3 is 24.5 Å². The number of likely N-dealkylation sites (tertiary alicyclic amines) is 1. The number of carbonyl (C=O) groups excluding carboxylic acids is 1. The molecule has 2 N–H and O–H groups in total. The van der Waals surface area contributed by atoms with Crippen molar-refractivity contribution in [2.75, 3.05) is 25.0 Å². The summed E-state index contributed by atoms with van der Waals surface area (Å²) in [5.74, 6) is -0.312. The molecule has 0 radical (unpaired) electrons. The Balaban J connectivity index is 1.09. The number of ether oxygens (including phenoxy) is 2. The molecule has 4 aromatic rings. The number of carboxylic acids is 1. The highest BCUT2D eigenvalue weighted by atomic mass is 35.5. The summed E-state index contributed by atoms with van der Waals surface area (Å²) < 4.78 is 28.7. The van der Waals surface area contributed by atoms with E-state index in [0.29, 0.717) is 24.5 Å². The van der Waals surface area contributed by atoms with Crippen molar-refractivity contribution in [1.29, 1.82) is 0 Å². The summed E-state index contributed by atoms with van der Waals surface area (Å²) in [6.07, 6.45) is 1.69. The molecule has 9 nitrogen and oxygen atoms in total. The first-order chi connectivity index (χ1) is 20.8. The highest BCUT2D eigenvalue weighted by Crippen LogP contribution is 2.44. The Bertz CT molecular complexity index is 1730. The topological polar surface area (TPSA) is 106 Å². The average Bonchev–Trinajstić information content (AvgIpc) is 3.30. The van der Waals surface area contributed by atoms with Crippen LogP contribution < -0.4 is 10.1 Å². The third kappa shape index (κ3) is 5.35. The molecule has 0 spiro atoms. The third-order valence-electron chi connectivity index (χ3n) is 8.67. The summed E-state index contributed by atoms with van der Waals surface area (Å²) in [5.41, 5.74) is 3.54. The largest absolute Gasteiger partial charge is 0.478 e. The quantitative estimate of drug-likeness (QED) is 0.276. The summed E-state index contributed by atoms with van der Waals surface area (Å²) in [6.45, 7) is 3.65. The van der Waals surface area contributed by atoms with Gasteiger partial charge in [-0.2, -0.15) is 0 Å². The van der Waals surface area contributed by atoms with E-state index < -0.39 is 23.8 Å². The standard InChI is InChI=1S/C32H30ClFN4O5/c33-20-5-6-23(24(34)15-20)30-31(39)36-26-3-1-2-22(29(26)43-30)18-8-11-37(12-9-18)17-28-35-25-7-4-19(32(40)41)14-27(25)38(28)16-21-10-13-42-21/h1-7,14-15,18,21,30H,8-13,16-17H2,(H,36,39)(H,40,41)/t21-,30?/m0/s1. The van der Waals surface area contributed by atoms with Gasteiger partial charge in [0, 0.05) is 17.2 Å². The van der Waals surface area contributed by atoms with Crippen molar-refractivity contribution in [1.82, 2.24) is 14.5 Å². The van der Waals surface area contributed by atoms with E-state index in [2.05, 4.69) is 14.8 Å². The van der Waals surface area contributed by atoms with E-state index in [4.69, 9.17) is 26.1 Å². The first-order valence-corrected chi connectivity index (χ1v) is 14.8. The van der Waals surface area contributed by atoms with Crippen LogP contribution in [0.2, 0.25) is 5.02 Å². The second kappa shape index (κ2) is 11.3. The molecule has 2 fully saturated rings. The number of carbonyl (C=O) groups is 2. The number of nitrogens with zero attached hydrogens (tertiary/aromatic N) is 3. The van der Waals surface area contributed by atoms with Gasteiger partial charge in [-0.25, -0.2) is 14.2 Å². The van der Waals surface area contributed by atoms with Crippen LogP contribution in [0.1, 0.15) is 58.6 Å². The first-order valence-electron chi connectivity index (χ1n) is 14.5. The number of benzene rings is 3. The molecule has 43 heavy (non-hydrogen) atoms. The third-order valence-corrected chi connectivity index (χ3v) is 8.90. The maximum absolute atomic E-state index is 14.7. The Morgan fingerprint density at radius 2 is 1.91 bits per heavy atom. The molecule has 2 saturated heterocycles. The number of imidazole rings is 1. The van der Waals surface area contributed by atoms with Crippen LogP contribution in [0.5, 0.6) is 5.75 Å². The first kappa shape index (κ1) is 27.8. The summed E-state index contributed by atoms with van der Waals surface area (Å²) >= 11 is 5.92. The van der Waals surface area contributed by atoms with Gasteiger partial charge in [-0.1, -0.05) is 29.8 Å². The molecule has 0 aliphatic carbocycles. The van der Waals surface area contributed by atoms with Gasteiger partial charge in [-0.15, -0.1) is 0 Å². The Morgan fingerprint density at radius 1 is 1.09 bits per heavy atom. The number of hydrogen-bond donors (Lipinski definition) is 2. The monoisotopic (exact) mass is 604 g/mol. The maximum atomic E-state index is 14.7. The number of piperidine rings is 1. The van der Waals surface area contributed by atoms with E-state index in [1.807, 2.05) is 12.1 Å². The van der Waals surface area contributed by atoms with Crippen LogP contribution in [-0.4, -0.2) is 57.2 Å². The lowest BCUT2D eigenvalue weighted by molar-refractivity contribution is -0.123. The molecule has 7 rings (SSSR count). The number of aromatic nitrogens is 2. The van der Waals surface area contributed by atoms with Crippen molar-refractivity contribution in [3.8, 4) is 5.75 Å². The fraction of sp³-hybridized carbons (Fsp3) is 0.344. The summed E-state index contributed by atoms with van der Waals surface area (Å²) in [5, 5.41) is 12.7. The number of anilines is 1. The lowest BCUT2D eigenvalue weighted by Crippen LogP contribution is -2.36. The molecule has 2 atom stereocenters. The molecule has 1 amide bonds. The average molecular weight is 605 g/mol. The minimum Gasteiger partial charge on any atom is -0.478 e. The fourth-order valence-electron chi connectivity index (χ4n) is 6.26. The molecule has 0 bridgehead atoms. The molecule has 1 unspecified atom stereocenters. The van der Waals surface area contributed by atoms with Crippen LogP contribution in [0, 0.1) is 5.82 Å². The Labute approximate surface area is 252 Å². The van der Waals surface area contributed by atoms with Crippen LogP contribution in [0.3, 0.4) is 0 Å². The van der Waals surface area contributed by atoms with E-state index >= 15 is 0 Å². The number of halogens is 2. The lowest BCUT2D eigenvalue weighted by atomic mass is 9.88. The summed E-state index contributed by atoms with van der Waals surface area (Å²) in [4.78, 5) is 31.7. The number of carboxylic acid groups (broad SMARTS) is 1. The maximum Gasteiger partial charge on any atom is 0.335 e. The number of aromatic carboxylic acids is 1. The van der Waals surface area contributed by atoms with Crippen LogP contribution in [-0.2, 0) is 22.6 Å². The molecule has 0 saturated carbocycles. The smallest absolute Gasteiger partial charge is 0.335 e. The SMILES string of the molecule is O=C(O)c1ccc2nc(CN3CCC(c4cccc5c4OC(c4ccc(Cl)cc4F)C(=O)N5)CC3)n(C[C@@H]3CCO3)c2c1. The van der Waals surface area contributed by atoms with Gasteiger partial charge >= 0.3 is 5.97 Å². The van der Waals surface area contributed by atoms with Gasteiger partial charge in [0.2, 0.25) is 6.10 Å². The van der Waals surface area contributed by atoms with Crippen LogP contribution >= 0.6 is 11.6 Å². The van der Waals surface area contributed by atoms with Gasteiger partial charge in [-0.05, 0) is 80.2 Å². The van der Waals surface area contributed by atoms with Crippen molar-refractivity contribution < 1.29 is 28.6 Å². The number of nitrogens with one attached hydrogen (secondary N) is 1. The minimum atomic E-state index is -1.11. The zero-order valence-electron chi connectivity index (χ0n) is 23.3. The van der Waals surface area contributed by atoms with Crippen LogP contribution in [0.15, 0.2) is 54.6 Å². The molecule has 4 heterocycles. The number of para-hydroxylation sites is 1. The second-order valence-corrected chi connectivity index (χ2v) is 11.8. The predicted molar refractivity (Wildman–Crippen MR) is 158 cm³/mol. The fourth-order valence-corrected chi connectivity index (χ4v) is 6.42. The number of hydrogen-bond acceptors (Lipinski definition) is 6. The molecule has 1 aromatic heterocycles. The zero-order chi connectivity index (χ0) is 29.7. The van der Waals surface area contributed by atoms with Crippen molar-refractivity contribution >= 4 is 40.2 Å². The van der Waals surface area contributed by atoms with Gasteiger partial charge in [-0.3, -0.25) is 9.69 Å². The summed E-state index contributed by atoms with van der Waals surface area (Å²) in [7, 11) is 0. The number of amides is 1. The molecule has 3 aliphatic heterocycles. The van der Waals surface area contributed by atoms with Crippen molar-refractivity contribution in [3.05, 3.63) is 88.0 Å². The van der Waals surface area contributed by atoms with Crippen molar-refractivity contribution in [3.63, 3.8) is 0 Å². The number of rotatable bonds is 7. The molecule has 3 aliphatic rings. The van der Waals surface area contributed by atoms with Crippen LogP contribution in [0.4, 0.5) is 10.1 Å².